The average molecular weight is 370 g/mol. The minimum absolute atomic E-state index is 0.211. The number of anilines is 2. The van der Waals surface area contributed by atoms with E-state index in [0.29, 0.717) is 28.9 Å². The van der Waals surface area contributed by atoms with Crippen LogP contribution in [0.3, 0.4) is 0 Å². The maximum Gasteiger partial charge on any atom is 0.326 e. The standard InChI is InChI=1S/C23H18N2O3/c1-2-25(15-9-4-3-5-10-15)23(28)24-19-14-8-13-18-20(19)22(27)17-12-7-6-11-16(17)21(18)26/h3-14H,2H2,1H3,(H,24,28). The second kappa shape index (κ2) is 7.12. The first kappa shape index (κ1) is 17.7. The molecule has 0 bridgehead atoms. The molecule has 0 saturated heterocycles. The molecule has 0 heterocycles. The third kappa shape index (κ3) is 2.87. The molecule has 28 heavy (non-hydrogen) atoms. The summed E-state index contributed by atoms with van der Waals surface area (Å²) in [6.07, 6.45) is 0. The van der Waals surface area contributed by atoms with E-state index in [9.17, 15) is 14.4 Å². The number of carbonyl (C=O) groups is 3. The molecule has 0 spiro atoms. The molecule has 0 unspecified atom stereocenters. The van der Waals surface area contributed by atoms with Crippen LogP contribution in [0.5, 0.6) is 0 Å². The van der Waals surface area contributed by atoms with Gasteiger partial charge in [0.15, 0.2) is 11.6 Å². The number of carbonyl (C=O) groups excluding carboxylic acids is 3. The Labute approximate surface area is 162 Å². The van der Waals surface area contributed by atoms with E-state index in [1.54, 1.807) is 47.4 Å². The number of benzene rings is 3. The van der Waals surface area contributed by atoms with Gasteiger partial charge in [-0.15, -0.1) is 0 Å². The second-order valence-electron chi connectivity index (χ2n) is 6.44. The van der Waals surface area contributed by atoms with Crippen LogP contribution in [0, 0.1) is 0 Å². The second-order valence-corrected chi connectivity index (χ2v) is 6.44. The van der Waals surface area contributed by atoms with Gasteiger partial charge in [0.25, 0.3) is 0 Å². The Balaban J connectivity index is 1.72. The predicted octanol–water partition coefficient (Wildman–Crippen LogP) is 4.52. The third-order valence-electron chi connectivity index (χ3n) is 4.82. The number of rotatable bonds is 3. The Morgan fingerprint density at radius 1 is 0.786 bits per heavy atom. The van der Waals surface area contributed by atoms with E-state index in [1.807, 2.05) is 37.3 Å². The number of para-hydroxylation sites is 1. The van der Waals surface area contributed by atoms with Crippen molar-refractivity contribution in [2.45, 2.75) is 6.92 Å². The zero-order valence-corrected chi connectivity index (χ0v) is 15.3. The molecule has 3 aromatic carbocycles. The molecule has 0 atom stereocenters. The highest BCUT2D eigenvalue weighted by Crippen LogP contribution is 2.32. The van der Waals surface area contributed by atoms with E-state index in [0.717, 1.165) is 5.69 Å². The van der Waals surface area contributed by atoms with E-state index >= 15 is 0 Å². The van der Waals surface area contributed by atoms with Gasteiger partial charge in [-0.1, -0.05) is 54.6 Å². The lowest BCUT2D eigenvalue weighted by atomic mass is 9.83. The molecule has 138 valence electrons. The first-order valence-electron chi connectivity index (χ1n) is 9.06. The highest BCUT2D eigenvalue weighted by Gasteiger charge is 2.32. The minimum atomic E-state index is -0.360. The normalized spacial score (nSPS) is 12.2. The summed E-state index contributed by atoms with van der Waals surface area (Å²) in [5.41, 5.74) is 2.39. The quantitative estimate of drug-likeness (QED) is 0.577. The zero-order valence-electron chi connectivity index (χ0n) is 15.3. The van der Waals surface area contributed by atoms with Gasteiger partial charge in [0, 0.05) is 28.9 Å². The molecular formula is C23H18N2O3. The monoisotopic (exact) mass is 370 g/mol. The van der Waals surface area contributed by atoms with E-state index in [2.05, 4.69) is 5.32 Å². The van der Waals surface area contributed by atoms with Crippen LogP contribution in [0.4, 0.5) is 16.2 Å². The van der Waals surface area contributed by atoms with E-state index < -0.39 is 0 Å². The van der Waals surface area contributed by atoms with Gasteiger partial charge >= 0.3 is 6.03 Å². The molecule has 1 aliphatic rings. The van der Waals surface area contributed by atoms with Gasteiger partial charge in [0.05, 0.1) is 11.3 Å². The number of ketones is 2. The maximum atomic E-state index is 13.0. The fourth-order valence-electron chi connectivity index (χ4n) is 3.48. The van der Waals surface area contributed by atoms with Gasteiger partial charge < -0.3 is 5.32 Å². The van der Waals surface area contributed by atoms with Crippen molar-refractivity contribution in [1.29, 1.82) is 0 Å². The molecule has 0 saturated carbocycles. The largest absolute Gasteiger partial charge is 0.326 e. The predicted molar refractivity (Wildman–Crippen MR) is 108 cm³/mol. The number of nitrogens with zero attached hydrogens (tertiary/aromatic N) is 1. The van der Waals surface area contributed by atoms with Crippen molar-refractivity contribution in [2.24, 2.45) is 0 Å². The summed E-state index contributed by atoms with van der Waals surface area (Å²) in [5.74, 6) is -0.472. The molecule has 4 rings (SSSR count). The number of amides is 2. The molecule has 2 amide bonds. The Morgan fingerprint density at radius 3 is 2.07 bits per heavy atom. The molecule has 3 aromatic rings. The molecule has 1 aliphatic carbocycles. The maximum absolute atomic E-state index is 13.0. The van der Waals surface area contributed by atoms with Gasteiger partial charge in [-0.25, -0.2) is 4.79 Å². The molecule has 0 fully saturated rings. The van der Waals surface area contributed by atoms with Crippen molar-refractivity contribution in [1.82, 2.24) is 0 Å². The fraction of sp³-hybridized carbons (Fsp3) is 0.0870. The fourth-order valence-corrected chi connectivity index (χ4v) is 3.48. The summed E-state index contributed by atoms with van der Waals surface area (Å²) in [7, 11) is 0. The summed E-state index contributed by atoms with van der Waals surface area (Å²) in [6, 6.07) is 20.6. The Hall–Kier alpha value is -3.73. The summed E-state index contributed by atoms with van der Waals surface area (Å²) >= 11 is 0. The van der Waals surface area contributed by atoms with Crippen molar-refractivity contribution in [3.8, 4) is 0 Å². The summed E-state index contributed by atoms with van der Waals surface area (Å²) < 4.78 is 0. The van der Waals surface area contributed by atoms with Crippen LogP contribution in [-0.2, 0) is 0 Å². The first-order valence-corrected chi connectivity index (χ1v) is 9.06. The molecule has 0 radical (unpaired) electrons. The van der Waals surface area contributed by atoms with Gasteiger partial charge in [0.2, 0.25) is 0 Å². The Bertz CT molecular complexity index is 1090. The van der Waals surface area contributed by atoms with Crippen molar-refractivity contribution in [3.63, 3.8) is 0 Å². The number of hydrogen-bond acceptors (Lipinski definition) is 3. The number of fused-ring (bicyclic) bond motifs is 2. The number of urea groups is 1. The van der Waals surface area contributed by atoms with Crippen LogP contribution in [0.2, 0.25) is 0 Å². The van der Waals surface area contributed by atoms with Crippen molar-refractivity contribution < 1.29 is 14.4 Å². The summed E-state index contributed by atoms with van der Waals surface area (Å²) in [6.45, 7) is 2.33. The van der Waals surface area contributed by atoms with Crippen LogP contribution in [0.15, 0.2) is 72.8 Å². The molecule has 0 aromatic heterocycles. The molecule has 5 heteroatoms. The van der Waals surface area contributed by atoms with Crippen molar-refractivity contribution in [2.75, 3.05) is 16.8 Å². The van der Waals surface area contributed by atoms with Crippen molar-refractivity contribution >= 4 is 29.0 Å². The smallest absolute Gasteiger partial charge is 0.307 e. The van der Waals surface area contributed by atoms with Gasteiger partial charge in [0.1, 0.15) is 0 Å². The van der Waals surface area contributed by atoms with E-state index in [4.69, 9.17) is 0 Å². The highest BCUT2D eigenvalue weighted by molar-refractivity contribution is 6.30. The lowest BCUT2D eigenvalue weighted by molar-refractivity contribution is 0.0979. The SMILES string of the molecule is CCN(C(=O)Nc1cccc2c1C(=O)c1ccccc1C2=O)c1ccccc1. The summed E-state index contributed by atoms with van der Waals surface area (Å²) in [4.78, 5) is 40.3. The van der Waals surface area contributed by atoms with Crippen LogP contribution in [-0.4, -0.2) is 24.1 Å². The molecule has 5 nitrogen and oxygen atoms in total. The van der Waals surface area contributed by atoms with Crippen LogP contribution >= 0.6 is 0 Å². The number of nitrogens with one attached hydrogen (secondary N) is 1. The van der Waals surface area contributed by atoms with Crippen LogP contribution in [0.25, 0.3) is 0 Å². The molecular weight excluding hydrogens is 352 g/mol. The average Bonchev–Trinajstić information content (AvgIpc) is 2.73. The minimum Gasteiger partial charge on any atom is -0.307 e. The Morgan fingerprint density at radius 2 is 1.39 bits per heavy atom. The van der Waals surface area contributed by atoms with Gasteiger partial charge in [-0.2, -0.15) is 0 Å². The van der Waals surface area contributed by atoms with E-state index in [1.165, 1.54) is 0 Å². The topological polar surface area (TPSA) is 66.5 Å². The molecule has 1 N–H and O–H groups in total. The first-order chi connectivity index (χ1) is 13.6. The lowest BCUT2D eigenvalue weighted by Crippen LogP contribution is -2.35. The van der Waals surface area contributed by atoms with Gasteiger partial charge in [-0.05, 0) is 25.1 Å². The summed E-state index contributed by atoms with van der Waals surface area (Å²) in [5, 5.41) is 2.82. The highest BCUT2D eigenvalue weighted by atomic mass is 16.2. The van der Waals surface area contributed by atoms with Crippen LogP contribution in [0.1, 0.15) is 38.8 Å². The zero-order chi connectivity index (χ0) is 19.7. The van der Waals surface area contributed by atoms with Crippen LogP contribution < -0.4 is 10.2 Å². The van der Waals surface area contributed by atoms with Gasteiger partial charge in [-0.3, -0.25) is 14.5 Å². The van der Waals surface area contributed by atoms with Crippen molar-refractivity contribution in [3.05, 3.63) is 95.1 Å². The molecule has 0 aliphatic heterocycles. The number of hydrogen-bond donors (Lipinski definition) is 1. The Kier molecular flexibility index (Phi) is 4.49. The lowest BCUT2D eigenvalue weighted by Gasteiger charge is -2.24. The van der Waals surface area contributed by atoms with E-state index in [-0.39, 0.29) is 23.2 Å². The third-order valence-corrected chi connectivity index (χ3v) is 4.82.